The molecule has 0 saturated carbocycles. The van der Waals surface area contributed by atoms with Crippen LogP contribution in [0.5, 0.6) is 5.75 Å². The van der Waals surface area contributed by atoms with Crippen LogP contribution in [0.3, 0.4) is 0 Å². The van der Waals surface area contributed by atoms with Crippen LogP contribution in [0, 0.1) is 6.92 Å². The molecule has 0 N–H and O–H groups in total. The summed E-state index contributed by atoms with van der Waals surface area (Å²) in [5.74, 6) is 0.181. The van der Waals surface area contributed by atoms with Crippen molar-refractivity contribution in [3.8, 4) is 5.75 Å². The molecule has 4 rings (SSSR count). The van der Waals surface area contributed by atoms with Crippen molar-refractivity contribution in [1.82, 2.24) is 0 Å². The van der Waals surface area contributed by atoms with Crippen molar-refractivity contribution < 1.29 is 27.9 Å². The second kappa shape index (κ2) is 10.0. The Hall–Kier alpha value is -3.10. The van der Waals surface area contributed by atoms with Crippen molar-refractivity contribution in [2.75, 3.05) is 6.61 Å². The molecule has 0 spiro atoms. The lowest BCUT2D eigenvalue weighted by Gasteiger charge is -2.19. The van der Waals surface area contributed by atoms with Gasteiger partial charge >= 0.3 is 5.82 Å². The summed E-state index contributed by atoms with van der Waals surface area (Å²) in [5.41, 5.74) is 3.03. The topological polar surface area (TPSA) is 96.0 Å². The molecule has 32 heavy (non-hydrogen) atoms. The second-order valence-electron chi connectivity index (χ2n) is 7.55. The molecule has 166 valence electrons. The van der Waals surface area contributed by atoms with Gasteiger partial charge in [0.25, 0.3) is 0 Å². The summed E-state index contributed by atoms with van der Waals surface area (Å²) in [6, 6.07) is 15.4. The summed E-state index contributed by atoms with van der Waals surface area (Å²) in [4.78, 5) is 34.3. The maximum absolute atomic E-state index is 11.8. The zero-order chi connectivity index (χ0) is 22.5. The van der Waals surface area contributed by atoms with Gasteiger partial charge in [-0.15, -0.1) is 0 Å². The Kier molecular flexibility index (Phi) is 6.92. The Bertz CT molecular complexity index is 1130. The van der Waals surface area contributed by atoms with E-state index in [0.717, 1.165) is 28.5 Å². The number of thioether (sulfide) groups is 1. The molecule has 2 heterocycles. The van der Waals surface area contributed by atoms with Crippen LogP contribution < -0.4 is 10.6 Å². The Balaban J connectivity index is 1.38. The number of rotatable bonds is 9. The van der Waals surface area contributed by atoms with Gasteiger partial charge in [-0.1, -0.05) is 53.7 Å². The van der Waals surface area contributed by atoms with E-state index in [-0.39, 0.29) is 35.8 Å². The van der Waals surface area contributed by atoms with Gasteiger partial charge in [-0.05, 0) is 36.6 Å². The number of Topliss-reactive ketones (excluding diaryl/α,β-unsaturated/α-hetero) is 1. The third-order valence-corrected chi connectivity index (χ3v) is 6.20. The fourth-order valence-electron chi connectivity index (χ4n) is 3.32. The average molecular weight is 455 g/mol. The van der Waals surface area contributed by atoms with Gasteiger partial charge in [-0.2, -0.15) is 0 Å². The quantitative estimate of drug-likeness (QED) is 0.447. The number of ketones is 1. The molecule has 2 atom stereocenters. The van der Waals surface area contributed by atoms with Crippen LogP contribution in [0.1, 0.15) is 35.0 Å². The van der Waals surface area contributed by atoms with Crippen LogP contribution in [0.25, 0.3) is 0 Å². The fraction of sp³-hybridized carbons (Fsp3) is 0.292. The first kappa shape index (κ1) is 22.1. The van der Waals surface area contributed by atoms with E-state index in [1.165, 1.54) is 6.26 Å². The van der Waals surface area contributed by atoms with Crippen molar-refractivity contribution in [3.63, 3.8) is 0 Å². The molecule has 2 aromatic carbocycles. The summed E-state index contributed by atoms with van der Waals surface area (Å²) >= 11 is 1.12. The molecule has 0 bridgehead atoms. The van der Waals surface area contributed by atoms with E-state index in [0.29, 0.717) is 17.9 Å². The molecule has 0 aliphatic carbocycles. The largest absolute Gasteiger partial charge is 0.518 e. The van der Waals surface area contributed by atoms with Gasteiger partial charge in [-0.25, -0.2) is 4.79 Å². The molecule has 1 fully saturated rings. The second-order valence-corrected chi connectivity index (χ2v) is 8.81. The summed E-state index contributed by atoms with van der Waals surface area (Å²) in [6.07, 6.45) is 1.39. The standard InChI is InChI=1S/C24H22O7S/c1-15-2-6-17(7-3-15)21(29-12-19-13-30-24(27)31-19)14-28-18-8-4-16(5-9-18)10-22-20(25)11-23(26)32-22/h2-9,13,21-22H,10-12,14H2,1H3. The normalized spacial score (nSPS) is 17.0. The van der Waals surface area contributed by atoms with Crippen LogP contribution in [0.15, 0.2) is 68.4 Å². The highest BCUT2D eigenvalue weighted by Crippen LogP contribution is 2.28. The summed E-state index contributed by atoms with van der Waals surface area (Å²) in [5, 5.41) is -0.353. The monoisotopic (exact) mass is 454 g/mol. The van der Waals surface area contributed by atoms with Gasteiger partial charge in [0.1, 0.15) is 31.3 Å². The number of carbonyl (C=O) groups excluding carboxylic acids is 2. The first-order valence-electron chi connectivity index (χ1n) is 10.2. The van der Waals surface area contributed by atoms with Crippen molar-refractivity contribution >= 4 is 22.7 Å². The molecule has 1 saturated heterocycles. The highest BCUT2D eigenvalue weighted by atomic mass is 32.2. The van der Waals surface area contributed by atoms with Crippen molar-refractivity contribution in [3.05, 3.63) is 87.9 Å². The number of hydrogen-bond donors (Lipinski definition) is 0. The third kappa shape index (κ3) is 5.77. The predicted molar refractivity (Wildman–Crippen MR) is 118 cm³/mol. The van der Waals surface area contributed by atoms with Gasteiger partial charge < -0.3 is 18.3 Å². The van der Waals surface area contributed by atoms with Crippen LogP contribution >= 0.6 is 11.8 Å². The smallest absolute Gasteiger partial charge is 0.491 e. The Labute approximate surface area is 188 Å². The number of hydrogen-bond acceptors (Lipinski definition) is 8. The zero-order valence-electron chi connectivity index (χ0n) is 17.4. The van der Waals surface area contributed by atoms with E-state index in [2.05, 4.69) is 4.42 Å². The number of benzene rings is 2. The molecular weight excluding hydrogens is 432 g/mol. The van der Waals surface area contributed by atoms with Crippen LogP contribution in [0.4, 0.5) is 0 Å². The van der Waals surface area contributed by atoms with E-state index in [1.54, 1.807) is 0 Å². The first-order chi connectivity index (χ1) is 15.5. The van der Waals surface area contributed by atoms with E-state index in [1.807, 2.05) is 55.5 Å². The number of carbonyl (C=O) groups is 2. The van der Waals surface area contributed by atoms with E-state index < -0.39 is 11.9 Å². The minimum Gasteiger partial charge on any atom is -0.491 e. The van der Waals surface area contributed by atoms with E-state index in [4.69, 9.17) is 13.9 Å². The van der Waals surface area contributed by atoms with Crippen LogP contribution in [-0.4, -0.2) is 22.8 Å². The molecule has 0 amide bonds. The van der Waals surface area contributed by atoms with Crippen molar-refractivity contribution in [2.45, 2.75) is 37.7 Å². The summed E-state index contributed by atoms with van der Waals surface area (Å²) in [7, 11) is 0. The lowest BCUT2D eigenvalue weighted by atomic mass is 10.1. The molecule has 1 aromatic heterocycles. The van der Waals surface area contributed by atoms with E-state index >= 15 is 0 Å². The maximum Gasteiger partial charge on any atom is 0.518 e. The van der Waals surface area contributed by atoms with Gasteiger partial charge in [0, 0.05) is 0 Å². The molecule has 7 nitrogen and oxygen atoms in total. The molecule has 2 unspecified atom stereocenters. The summed E-state index contributed by atoms with van der Waals surface area (Å²) < 4.78 is 21.4. The fourth-order valence-corrected chi connectivity index (χ4v) is 4.36. The van der Waals surface area contributed by atoms with Crippen molar-refractivity contribution in [1.29, 1.82) is 0 Å². The molecular formula is C24H22O7S. The number of ether oxygens (including phenoxy) is 2. The van der Waals surface area contributed by atoms with Crippen molar-refractivity contribution in [2.24, 2.45) is 0 Å². The SMILES string of the molecule is Cc1ccc(C(COc2ccc(CC3SC(=O)CC3=O)cc2)OCc2coc(=O)o2)cc1. The lowest BCUT2D eigenvalue weighted by Crippen LogP contribution is -2.15. The van der Waals surface area contributed by atoms with Gasteiger partial charge in [0.15, 0.2) is 16.7 Å². The number of aryl methyl sites for hydroxylation is 1. The highest BCUT2D eigenvalue weighted by molar-refractivity contribution is 8.15. The average Bonchev–Trinajstić information content (AvgIpc) is 3.34. The van der Waals surface area contributed by atoms with Crippen LogP contribution in [-0.2, 0) is 27.4 Å². The predicted octanol–water partition coefficient (Wildman–Crippen LogP) is 4.02. The third-order valence-electron chi connectivity index (χ3n) is 5.07. The van der Waals surface area contributed by atoms with E-state index in [9.17, 15) is 14.4 Å². The molecule has 8 heteroatoms. The molecule has 1 aliphatic heterocycles. The Morgan fingerprint density at radius 1 is 1.06 bits per heavy atom. The molecule has 1 aliphatic rings. The van der Waals surface area contributed by atoms with Gasteiger partial charge in [0.05, 0.1) is 11.7 Å². The van der Waals surface area contributed by atoms with Gasteiger partial charge in [-0.3, -0.25) is 9.59 Å². The Morgan fingerprint density at radius 2 is 1.81 bits per heavy atom. The minimum atomic E-state index is -0.770. The van der Waals surface area contributed by atoms with Gasteiger partial charge in [0.2, 0.25) is 0 Å². The zero-order valence-corrected chi connectivity index (χ0v) is 18.3. The molecule has 3 aromatic rings. The minimum absolute atomic E-state index is 0.00753. The Morgan fingerprint density at radius 3 is 2.44 bits per heavy atom. The summed E-state index contributed by atoms with van der Waals surface area (Å²) in [6.45, 7) is 2.32. The lowest BCUT2D eigenvalue weighted by molar-refractivity contribution is -0.121. The first-order valence-corrected chi connectivity index (χ1v) is 11.0. The maximum atomic E-state index is 11.8. The highest BCUT2D eigenvalue weighted by Gasteiger charge is 2.31. The van der Waals surface area contributed by atoms with Crippen LogP contribution in [0.2, 0.25) is 0 Å². The molecule has 0 radical (unpaired) electrons.